The van der Waals surface area contributed by atoms with E-state index in [1.165, 1.54) is 0 Å². The molecule has 0 aliphatic rings. The predicted molar refractivity (Wildman–Crippen MR) is 82.7 cm³/mol. The van der Waals surface area contributed by atoms with E-state index in [4.69, 9.17) is 5.73 Å². The van der Waals surface area contributed by atoms with Crippen molar-refractivity contribution in [2.45, 2.75) is 32.4 Å². The van der Waals surface area contributed by atoms with Gasteiger partial charge < -0.3 is 15.6 Å². The number of carbonyl (C=O) groups excluding carboxylic acids is 1. The Balaban J connectivity index is 2.20. The Morgan fingerprint density at radius 3 is 2.76 bits per heavy atom. The average Bonchev–Trinajstić information content (AvgIpc) is 3.01. The summed E-state index contributed by atoms with van der Waals surface area (Å²) in [6.45, 7) is 4.56. The topological polar surface area (TPSA) is 72.9 Å². The highest BCUT2D eigenvalue weighted by atomic mass is 16.2. The molecule has 0 saturated carbocycles. The van der Waals surface area contributed by atoms with Crippen molar-refractivity contribution in [1.82, 2.24) is 14.9 Å². The lowest BCUT2D eigenvalue weighted by Gasteiger charge is -2.20. The molecular weight excluding hydrogens is 264 g/mol. The largest absolute Gasteiger partial charge is 0.354 e. The maximum absolute atomic E-state index is 12.1. The molecule has 3 N–H and O–H groups in total. The van der Waals surface area contributed by atoms with Crippen LogP contribution in [0, 0.1) is 0 Å². The van der Waals surface area contributed by atoms with Crippen LogP contribution in [0.5, 0.6) is 0 Å². The van der Waals surface area contributed by atoms with E-state index in [1.54, 1.807) is 12.5 Å². The van der Waals surface area contributed by atoms with Crippen LogP contribution in [0.15, 0.2) is 42.9 Å². The first-order valence-electron chi connectivity index (χ1n) is 7.25. The van der Waals surface area contributed by atoms with E-state index in [-0.39, 0.29) is 18.0 Å². The second kappa shape index (κ2) is 7.04. The number of nitrogens with two attached hydrogens (primary N) is 1. The van der Waals surface area contributed by atoms with Gasteiger partial charge in [-0.05, 0) is 18.9 Å². The molecule has 0 fully saturated rings. The van der Waals surface area contributed by atoms with Crippen LogP contribution in [0.4, 0.5) is 0 Å². The zero-order chi connectivity index (χ0) is 15.2. The van der Waals surface area contributed by atoms with Crippen molar-refractivity contribution in [3.63, 3.8) is 0 Å². The van der Waals surface area contributed by atoms with Crippen LogP contribution in [-0.2, 0) is 4.79 Å². The highest BCUT2D eigenvalue weighted by Crippen LogP contribution is 2.21. The molecule has 2 aromatic rings. The third-order valence-electron chi connectivity index (χ3n) is 3.52. The van der Waals surface area contributed by atoms with Crippen LogP contribution in [-0.4, -0.2) is 22.0 Å². The van der Waals surface area contributed by atoms with Gasteiger partial charge in [-0.25, -0.2) is 4.98 Å². The lowest BCUT2D eigenvalue weighted by atomic mass is 10.0. The van der Waals surface area contributed by atoms with Gasteiger partial charge in [0.1, 0.15) is 6.04 Å². The van der Waals surface area contributed by atoms with Gasteiger partial charge in [0.25, 0.3) is 0 Å². The zero-order valence-electron chi connectivity index (χ0n) is 12.5. The Morgan fingerprint density at radius 1 is 1.38 bits per heavy atom. The third-order valence-corrected chi connectivity index (χ3v) is 3.52. The van der Waals surface area contributed by atoms with Crippen molar-refractivity contribution in [3.05, 3.63) is 54.1 Å². The van der Waals surface area contributed by atoms with E-state index in [9.17, 15) is 4.79 Å². The van der Waals surface area contributed by atoms with Crippen molar-refractivity contribution < 1.29 is 4.79 Å². The standard InChI is InChI=1S/C16H22N4O/c1-3-9-19-16(21)12(2)20-11-18-10-14(20)15(17)13-7-5-4-6-8-13/h4-8,10-12,15H,3,9,17H2,1-2H3,(H,19,21). The van der Waals surface area contributed by atoms with E-state index in [0.717, 1.165) is 17.7 Å². The molecule has 1 aromatic carbocycles. The summed E-state index contributed by atoms with van der Waals surface area (Å²) in [5, 5.41) is 2.90. The molecule has 0 bridgehead atoms. The van der Waals surface area contributed by atoms with Crippen molar-refractivity contribution in [2.75, 3.05) is 6.54 Å². The molecule has 0 aliphatic carbocycles. The number of aromatic nitrogens is 2. The molecule has 0 saturated heterocycles. The van der Waals surface area contributed by atoms with E-state index >= 15 is 0 Å². The normalized spacial score (nSPS) is 13.7. The van der Waals surface area contributed by atoms with Gasteiger partial charge in [0.15, 0.2) is 0 Å². The number of imidazole rings is 1. The fraction of sp³-hybridized carbons (Fsp3) is 0.375. The maximum atomic E-state index is 12.1. The van der Waals surface area contributed by atoms with E-state index in [1.807, 2.05) is 48.7 Å². The fourth-order valence-electron chi connectivity index (χ4n) is 2.23. The van der Waals surface area contributed by atoms with Crippen molar-refractivity contribution in [1.29, 1.82) is 0 Å². The minimum atomic E-state index is -0.330. The molecule has 0 radical (unpaired) electrons. The first-order chi connectivity index (χ1) is 10.1. The lowest BCUT2D eigenvalue weighted by molar-refractivity contribution is -0.123. The number of benzene rings is 1. The second-order valence-corrected chi connectivity index (χ2v) is 5.08. The monoisotopic (exact) mass is 286 g/mol. The van der Waals surface area contributed by atoms with Gasteiger partial charge >= 0.3 is 0 Å². The number of hydrogen-bond donors (Lipinski definition) is 2. The number of carbonyl (C=O) groups is 1. The van der Waals surface area contributed by atoms with Crippen molar-refractivity contribution >= 4 is 5.91 Å². The highest BCUT2D eigenvalue weighted by molar-refractivity contribution is 5.79. The summed E-state index contributed by atoms with van der Waals surface area (Å²) in [6, 6.07) is 9.18. The Bertz CT molecular complexity index is 579. The lowest BCUT2D eigenvalue weighted by Crippen LogP contribution is -2.32. The van der Waals surface area contributed by atoms with E-state index in [2.05, 4.69) is 10.3 Å². The summed E-state index contributed by atoms with van der Waals surface area (Å²) in [5.74, 6) is -0.0173. The molecule has 21 heavy (non-hydrogen) atoms. The summed E-state index contributed by atoms with van der Waals surface area (Å²) in [5.41, 5.74) is 8.14. The molecule has 2 atom stereocenters. The Kier molecular flexibility index (Phi) is 5.11. The van der Waals surface area contributed by atoms with Crippen LogP contribution in [0.2, 0.25) is 0 Å². The van der Waals surface area contributed by atoms with Crippen LogP contribution >= 0.6 is 0 Å². The quantitative estimate of drug-likeness (QED) is 0.853. The van der Waals surface area contributed by atoms with Crippen LogP contribution in [0.3, 0.4) is 0 Å². The summed E-state index contributed by atoms with van der Waals surface area (Å²) in [7, 11) is 0. The Morgan fingerprint density at radius 2 is 2.10 bits per heavy atom. The Hall–Kier alpha value is -2.14. The van der Waals surface area contributed by atoms with Gasteiger partial charge in [0.2, 0.25) is 5.91 Å². The molecule has 1 aromatic heterocycles. The predicted octanol–water partition coefficient (Wildman–Crippen LogP) is 2.02. The van der Waals surface area contributed by atoms with Crippen molar-refractivity contribution in [3.8, 4) is 0 Å². The van der Waals surface area contributed by atoms with Gasteiger partial charge in [0, 0.05) is 6.54 Å². The summed E-state index contributed by atoms with van der Waals surface area (Å²) in [4.78, 5) is 16.3. The molecule has 5 heteroatoms. The number of amides is 1. The first-order valence-corrected chi connectivity index (χ1v) is 7.25. The number of nitrogens with one attached hydrogen (secondary N) is 1. The molecular formula is C16H22N4O. The first kappa shape index (κ1) is 15.3. The minimum Gasteiger partial charge on any atom is -0.354 e. The van der Waals surface area contributed by atoms with Crippen LogP contribution in [0.1, 0.15) is 43.6 Å². The van der Waals surface area contributed by atoms with Gasteiger partial charge in [-0.3, -0.25) is 4.79 Å². The molecule has 0 aliphatic heterocycles. The minimum absolute atomic E-state index is 0.0173. The van der Waals surface area contributed by atoms with Gasteiger partial charge in [-0.15, -0.1) is 0 Å². The number of hydrogen-bond acceptors (Lipinski definition) is 3. The van der Waals surface area contributed by atoms with Crippen LogP contribution in [0.25, 0.3) is 0 Å². The summed E-state index contributed by atoms with van der Waals surface area (Å²) < 4.78 is 1.84. The molecule has 1 amide bonds. The SMILES string of the molecule is CCCNC(=O)C(C)n1cncc1C(N)c1ccccc1. The number of nitrogens with zero attached hydrogens (tertiary/aromatic N) is 2. The summed E-state index contributed by atoms with van der Waals surface area (Å²) >= 11 is 0. The number of rotatable bonds is 6. The fourth-order valence-corrected chi connectivity index (χ4v) is 2.23. The molecule has 1 heterocycles. The van der Waals surface area contributed by atoms with Gasteiger partial charge in [-0.2, -0.15) is 0 Å². The molecule has 112 valence electrons. The molecule has 2 unspecified atom stereocenters. The van der Waals surface area contributed by atoms with Crippen molar-refractivity contribution in [2.24, 2.45) is 5.73 Å². The third kappa shape index (κ3) is 3.49. The molecule has 0 spiro atoms. The smallest absolute Gasteiger partial charge is 0.242 e. The van der Waals surface area contributed by atoms with E-state index in [0.29, 0.717) is 6.54 Å². The van der Waals surface area contributed by atoms with E-state index < -0.39 is 0 Å². The average molecular weight is 286 g/mol. The zero-order valence-corrected chi connectivity index (χ0v) is 12.5. The molecule has 2 rings (SSSR count). The van der Waals surface area contributed by atoms with Gasteiger partial charge in [-0.1, -0.05) is 37.3 Å². The highest BCUT2D eigenvalue weighted by Gasteiger charge is 2.20. The second-order valence-electron chi connectivity index (χ2n) is 5.08. The summed E-state index contributed by atoms with van der Waals surface area (Å²) in [6.07, 6.45) is 4.30. The van der Waals surface area contributed by atoms with Gasteiger partial charge in [0.05, 0.1) is 24.3 Å². The molecule has 5 nitrogen and oxygen atoms in total. The van der Waals surface area contributed by atoms with Crippen LogP contribution < -0.4 is 11.1 Å². The Labute approximate surface area is 125 Å². The maximum Gasteiger partial charge on any atom is 0.242 e.